The Morgan fingerprint density at radius 1 is 1.25 bits per heavy atom. The first-order valence-electron chi connectivity index (χ1n) is 10.6. The lowest BCUT2D eigenvalue weighted by molar-refractivity contribution is -0.127. The van der Waals surface area contributed by atoms with Crippen molar-refractivity contribution in [3.05, 3.63) is 36.3 Å². The van der Waals surface area contributed by atoms with Gasteiger partial charge in [-0.25, -0.2) is 19.3 Å². The maximum Gasteiger partial charge on any atom is 0.223 e. The minimum absolute atomic E-state index is 0.177. The molecule has 1 aliphatic rings. The van der Waals surface area contributed by atoms with E-state index in [1.54, 1.807) is 12.3 Å². The molecular weight excluding hydrogens is 429 g/mol. The molecule has 0 unspecified atom stereocenters. The van der Waals surface area contributed by atoms with Crippen LogP contribution in [0.15, 0.2) is 30.5 Å². The number of nitrogens with one attached hydrogen (secondary N) is 2. The second kappa shape index (κ2) is 9.47. The molecule has 2 aromatic heterocycles. The van der Waals surface area contributed by atoms with Crippen LogP contribution in [0.3, 0.4) is 0 Å². The molecule has 1 aromatic carbocycles. The van der Waals surface area contributed by atoms with E-state index in [0.29, 0.717) is 48.1 Å². The molecule has 3 aromatic rings. The van der Waals surface area contributed by atoms with E-state index in [-0.39, 0.29) is 11.9 Å². The van der Waals surface area contributed by atoms with Crippen molar-refractivity contribution in [2.24, 2.45) is 0 Å². The Morgan fingerprint density at radius 2 is 2.06 bits per heavy atom. The largest absolute Gasteiger partial charge is 0.398 e. The number of halogens is 1. The summed E-state index contributed by atoms with van der Waals surface area (Å²) in [6.07, 6.45) is 3.28. The van der Waals surface area contributed by atoms with E-state index in [1.165, 1.54) is 23.5 Å². The molecule has 8 nitrogen and oxygen atoms in total. The van der Waals surface area contributed by atoms with Gasteiger partial charge in [0.05, 0.1) is 16.3 Å². The number of hydrogen-bond donors (Lipinski definition) is 3. The fourth-order valence-electron chi connectivity index (χ4n) is 3.51. The summed E-state index contributed by atoms with van der Waals surface area (Å²) >= 11 is 1.49. The van der Waals surface area contributed by atoms with E-state index in [0.717, 1.165) is 23.0 Å². The van der Waals surface area contributed by atoms with Crippen molar-refractivity contribution >= 4 is 34.0 Å². The quantitative estimate of drug-likeness (QED) is 0.443. The summed E-state index contributed by atoms with van der Waals surface area (Å²) in [6, 6.07) is 6.34. The van der Waals surface area contributed by atoms with Gasteiger partial charge in [-0.2, -0.15) is 0 Å². The van der Waals surface area contributed by atoms with Crippen LogP contribution in [0.1, 0.15) is 26.7 Å². The zero-order chi connectivity index (χ0) is 22.7. The number of amides is 1. The smallest absolute Gasteiger partial charge is 0.223 e. The number of nitrogens with two attached hydrogens (primary N) is 1. The van der Waals surface area contributed by atoms with E-state index in [1.807, 2.05) is 24.8 Å². The fourth-order valence-corrected chi connectivity index (χ4v) is 4.43. The second-order valence-electron chi connectivity index (χ2n) is 7.93. The molecular formula is C22H26FN7OS. The van der Waals surface area contributed by atoms with E-state index in [4.69, 9.17) is 5.73 Å². The Labute approximate surface area is 190 Å². The number of thiazole rings is 1. The van der Waals surface area contributed by atoms with Crippen LogP contribution in [0.25, 0.3) is 21.8 Å². The third kappa shape index (κ3) is 5.13. The molecule has 3 heterocycles. The standard InChI is InChI=1S/C22H26FN7OS/c1-13(2)27-22-26-12-19(32-22)18-11-17(15-6-5-14(23)10-16(15)24)28-21(29-18)25-7-9-30-8-3-4-20(30)31/h5-6,10-13H,3-4,7-9,24H2,1-2H3,(H,26,27)(H,25,28,29). The maximum absolute atomic E-state index is 13.6. The Kier molecular flexibility index (Phi) is 6.50. The van der Waals surface area contributed by atoms with Crippen LogP contribution in [-0.4, -0.2) is 51.4 Å². The highest BCUT2D eigenvalue weighted by molar-refractivity contribution is 7.18. The molecule has 0 atom stereocenters. The number of likely N-dealkylation sites (tertiary alicyclic amines) is 1. The predicted octanol–water partition coefficient (Wildman–Crippen LogP) is 3.84. The molecule has 1 saturated heterocycles. The summed E-state index contributed by atoms with van der Waals surface area (Å²) < 4.78 is 13.6. The number of benzene rings is 1. The molecule has 0 bridgehead atoms. The van der Waals surface area contributed by atoms with Crippen molar-refractivity contribution in [3.8, 4) is 21.8 Å². The third-order valence-electron chi connectivity index (χ3n) is 5.02. The summed E-state index contributed by atoms with van der Waals surface area (Å²) in [6.45, 7) is 5.99. The number of aromatic nitrogens is 3. The molecule has 10 heteroatoms. The molecule has 4 rings (SSSR count). The molecule has 1 amide bonds. The molecule has 1 aliphatic heterocycles. The van der Waals surface area contributed by atoms with Crippen LogP contribution in [0.2, 0.25) is 0 Å². The summed E-state index contributed by atoms with van der Waals surface area (Å²) in [5.74, 6) is 0.191. The molecule has 0 spiro atoms. The molecule has 0 radical (unpaired) electrons. The minimum Gasteiger partial charge on any atom is -0.398 e. The molecule has 168 valence electrons. The Morgan fingerprint density at radius 3 is 2.78 bits per heavy atom. The second-order valence-corrected chi connectivity index (χ2v) is 8.96. The summed E-state index contributed by atoms with van der Waals surface area (Å²) in [5.41, 5.74) is 8.26. The first kappa shape index (κ1) is 21.9. The van der Waals surface area contributed by atoms with Gasteiger partial charge in [-0.15, -0.1) is 0 Å². The van der Waals surface area contributed by atoms with Crippen molar-refractivity contribution in [2.75, 3.05) is 36.0 Å². The number of rotatable bonds is 8. The highest BCUT2D eigenvalue weighted by Gasteiger charge is 2.19. The summed E-state index contributed by atoms with van der Waals surface area (Å²) in [5, 5.41) is 7.31. The van der Waals surface area contributed by atoms with Crippen molar-refractivity contribution in [2.45, 2.75) is 32.7 Å². The summed E-state index contributed by atoms with van der Waals surface area (Å²) in [4.78, 5) is 28.2. The lowest BCUT2D eigenvalue weighted by atomic mass is 10.1. The number of nitrogen functional groups attached to an aromatic ring is 1. The van der Waals surface area contributed by atoms with E-state index >= 15 is 0 Å². The minimum atomic E-state index is -0.402. The van der Waals surface area contributed by atoms with Crippen molar-refractivity contribution in [3.63, 3.8) is 0 Å². The number of nitrogens with zero attached hydrogens (tertiary/aromatic N) is 4. The first-order chi connectivity index (χ1) is 15.4. The van der Waals surface area contributed by atoms with E-state index in [9.17, 15) is 9.18 Å². The number of anilines is 3. The zero-order valence-electron chi connectivity index (χ0n) is 18.1. The van der Waals surface area contributed by atoms with Crippen LogP contribution >= 0.6 is 11.3 Å². The highest BCUT2D eigenvalue weighted by Crippen LogP contribution is 2.33. The first-order valence-corrected chi connectivity index (χ1v) is 11.4. The predicted molar refractivity (Wildman–Crippen MR) is 126 cm³/mol. The number of carbonyl (C=O) groups excluding carboxylic acids is 1. The summed E-state index contributed by atoms with van der Waals surface area (Å²) in [7, 11) is 0. The van der Waals surface area contributed by atoms with Crippen molar-refractivity contribution < 1.29 is 9.18 Å². The molecule has 0 aliphatic carbocycles. The van der Waals surface area contributed by atoms with Gasteiger partial charge in [0.1, 0.15) is 5.82 Å². The average Bonchev–Trinajstić information content (AvgIpc) is 3.36. The lowest BCUT2D eigenvalue weighted by Gasteiger charge is -2.16. The third-order valence-corrected chi connectivity index (χ3v) is 5.97. The Bertz CT molecular complexity index is 1120. The lowest BCUT2D eigenvalue weighted by Crippen LogP contribution is -2.30. The Balaban J connectivity index is 1.63. The fraction of sp³-hybridized carbons (Fsp3) is 0.364. The van der Waals surface area contributed by atoms with Gasteiger partial charge in [0.15, 0.2) is 5.13 Å². The van der Waals surface area contributed by atoms with E-state index in [2.05, 4.69) is 25.6 Å². The topological polar surface area (TPSA) is 109 Å². The van der Waals surface area contributed by atoms with Crippen molar-refractivity contribution in [1.29, 1.82) is 0 Å². The van der Waals surface area contributed by atoms with Gasteiger partial charge >= 0.3 is 0 Å². The van der Waals surface area contributed by atoms with Gasteiger partial charge in [-0.1, -0.05) is 11.3 Å². The van der Waals surface area contributed by atoms with Gasteiger partial charge in [0, 0.05) is 49.5 Å². The molecule has 32 heavy (non-hydrogen) atoms. The van der Waals surface area contributed by atoms with Crippen LogP contribution in [-0.2, 0) is 4.79 Å². The SMILES string of the molecule is CC(C)Nc1ncc(-c2cc(-c3ccc(F)cc3N)nc(NCCN3CCCC3=O)n2)s1. The van der Waals surface area contributed by atoms with Crippen LogP contribution < -0.4 is 16.4 Å². The average molecular weight is 456 g/mol. The maximum atomic E-state index is 13.6. The number of carbonyl (C=O) groups is 1. The normalized spacial score (nSPS) is 13.8. The van der Waals surface area contributed by atoms with Crippen LogP contribution in [0, 0.1) is 5.82 Å². The van der Waals surface area contributed by atoms with Gasteiger partial charge in [-0.05, 0) is 44.5 Å². The zero-order valence-corrected chi connectivity index (χ0v) is 18.9. The van der Waals surface area contributed by atoms with E-state index < -0.39 is 5.82 Å². The van der Waals surface area contributed by atoms with Gasteiger partial charge in [0.25, 0.3) is 0 Å². The van der Waals surface area contributed by atoms with Gasteiger partial charge < -0.3 is 21.3 Å². The van der Waals surface area contributed by atoms with Crippen LogP contribution in [0.4, 0.5) is 21.2 Å². The molecule has 1 fully saturated rings. The van der Waals surface area contributed by atoms with Crippen molar-refractivity contribution in [1.82, 2.24) is 19.9 Å². The Hall–Kier alpha value is -3.27. The molecule has 0 saturated carbocycles. The monoisotopic (exact) mass is 455 g/mol. The molecule has 4 N–H and O–H groups in total. The highest BCUT2D eigenvalue weighted by atomic mass is 32.1. The van der Waals surface area contributed by atoms with Crippen LogP contribution in [0.5, 0.6) is 0 Å². The van der Waals surface area contributed by atoms with Gasteiger partial charge in [0.2, 0.25) is 11.9 Å². The number of hydrogen-bond acceptors (Lipinski definition) is 8. The van der Waals surface area contributed by atoms with Gasteiger partial charge in [-0.3, -0.25) is 4.79 Å².